The minimum Gasteiger partial charge on any atom is -0.381 e. The Balaban J connectivity index is 1.22. The summed E-state index contributed by atoms with van der Waals surface area (Å²) in [5, 5.41) is 8.61. The van der Waals surface area contributed by atoms with E-state index in [0.29, 0.717) is 38.0 Å². The van der Waals surface area contributed by atoms with Crippen LogP contribution in [-0.4, -0.2) is 44.0 Å². The summed E-state index contributed by atoms with van der Waals surface area (Å²) in [5.74, 6) is 0.770. The molecule has 1 unspecified atom stereocenters. The standard InChI is InChI=1S/C21H29N3O4/c25-19-21(24-20(26)23-19)11-16(12-21)13-28-14-22-18(17-4-2-1-3-5-17)10-15-6-8-27-9-7-15/h1-5,15-16,18,22H,6-14H2,(H2,23,24,25,26). The van der Waals surface area contributed by atoms with Gasteiger partial charge in [-0.2, -0.15) is 0 Å². The van der Waals surface area contributed by atoms with Crippen LogP contribution in [0, 0.1) is 11.8 Å². The Morgan fingerprint density at radius 1 is 1.14 bits per heavy atom. The van der Waals surface area contributed by atoms with E-state index >= 15 is 0 Å². The highest BCUT2D eigenvalue weighted by atomic mass is 16.5. The van der Waals surface area contributed by atoms with Crippen LogP contribution in [0.25, 0.3) is 0 Å². The Kier molecular flexibility index (Phi) is 5.94. The van der Waals surface area contributed by atoms with Crippen molar-refractivity contribution in [3.05, 3.63) is 35.9 Å². The number of ether oxygens (including phenoxy) is 2. The second kappa shape index (κ2) is 8.59. The lowest BCUT2D eigenvalue weighted by Crippen LogP contribution is -2.57. The van der Waals surface area contributed by atoms with Gasteiger partial charge in [-0.3, -0.25) is 15.4 Å². The van der Waals surface area contributed by atoms with Gasteiger partial charge in [-0.25, -0.2) is 4.79 Å². The number of imide groups is 1. The first-order valence-electron chi connectivity index (χ1n) is 10.2. The second-order valence-electron chi connectivity index (χ2n) is 8.24. The smallest absolute Gasteiger partial charge is 0.322 e. The van der Waals surface area contributed by atoms with Gasteiger partial charge in [0.2, 0.25) is 0 Å². The predicted octanol–water partition coefficient (Wildman–Crippen LogP) is 2.10. The van der Waals surface area contributed by atoms with Gasteiger partial charge in [0, 0.05) is 19.3 Å². The number of nitrogens with one attached hydrogen (secondary N) is 3. The van der Waals surface area contributed by atoms with E-state index in [1.807, 2.05) is 6.07 Å². The van der Waals surface area contributed by atoms with Crippen molar-refractivity contribution in [3.63, 3.8) is 0 Å². The maximum atomic E-state index is 11.8. The molecule has 1 aliphatic carbocycles. The van der Waals surface area contributed by atoms with E-state index in [1.165, 1.54) is 5.56 Å². The Hall–Kier alpha value is -1.96. The zero-order valence-corrected chi connectivity index (χ0v) is 16.1. The highest BCUT2D eigenvalue weighted by Crippen LogP contribution is 2.40. The molecule has 1 aromatic rings. The molecule has 0 aromatic heterocycles. The van der Waals surface area contributed by atoms with Gasteiger partial charge in [0.05, 0.1) is 13.3 Å². The van der Waals surface area contributed by atoms with Crippen molar-refractivity contribution in [2.45, 2.75) is 43.7 Å². The number of hydrogen-bond acceptors (Lipinski definition) is 5. The molecule has 1 spiro atoms. The molecule has 3 amide bonds. The van der Waals surface area contributed by atoms with Crippen LogP contribution in [0.5, 0.6) is 0 Å². The molecule has 3 N–H and O–H groups in total. The van der Waals surface area contributed by atoms with Crippen LogP contribution in [0.15, 0.2) is 30.3 Å². The summed E-state index contributed by atoms with van der Waals surface area (Å²) in [6, 6.07) is 10.4. The summed E-state index contributed by atoms with van der Waals surface area (Å²) >= 11 is 0. The van der Waals surface area contributed by atoms with Crippen molar-refractivity contribution in [1.29, 1.82) is 0 Å². The van der Waals surface area contributed by atoms with Gasteiger partial charge < -0.3 is 14.8 Å². The largest absolute Gasteiger partial charge is 0.381 e. The molecule has 3 aliphatic rings. The number of urea groups is 1. The van der Waals surface area contributed by atoms with E-state index in [2.05, 4.69) is 40.2 Å². The predicted molar refractivity (Wildman–Crippen MR) is 103 cm³/mol. The average Bonchev–Trinajstić information content (AvgIpc) is 2.99. The zero-order chi connectivity index (χ0) is 19.4. The van der Waals surface area contributed by atoms with Crippen molar-refractivity contribution >= 4 is 11.9 Å². The third-order valence-corrected chi connectivity index (χ3v) is 6.19. The van der Waals surface area contributed by atoms with Crippen LogP contribution in [0.1, 0.15) is 43.7 Å². The number of carbonyl (C=O) groups excluding carboxylic acids is 2. The van der Waals surface area contributed by atoms with E-state index in [1.54, 1.807) is 0 Å². The maximum Gasteiger partial charge on any atom is 0.322 e. The summed E-state index contributed by atoms with van der Waals surface area (Å²) in [7, 11) is 0. The van der Waals surface area contributed by atoms with Crippen LogP contribution in [0.3, 0.4) is 0 Å². The summed E-state index contributed by atoms with van der Waals surface area (Å²) in [4.78, 5) is 23.2. The monoisotopic (exact) mass is 387 g/mol. The fourth-order valence-electron chi connectivity index (χ4n) is 4.58. The fraction of sp³-hybridized carbons (Fsp3) is 0.619. The Bertz CT molecular complexity index is 684. The van der Waals surface area contributed by atoms with E-state index in [-0.39, 0.29) is 18.0 Å². The Labute approximate surface area is 165 Å². The summed E-state index contributed by atoms with van der Waals surface area (Å²) in [6.07, 6.45) is 4.60. The first-order valence-corrected chi connectivity index (χ1v) is 10.2. The molecule has 152 valence electrons. The highest BCUT2D eigenvalue weighted by Gasteiger charge is 2.55. The molecule has 1 aromatic carbocycles. The molecule has 7 heteroatoms. The van der Waals surface area contributed by atoms with Gasteiger partial charge in [-0.05, 0) is 49.5 Å². The number of amides is 3. The zero-order valence-electron chi connectivity index (χ0n) is 16.1. The number of benzene rings is 1. The molecule has 4 rings (SSSR count). The second-order valence-corrected chi connectivity index (χ2v) is 8.24. The molecular weight excluding hydrogens is 358 g/mol. The van der Waals surface area contributed by atoms with Crippen LogP contribution in [-0.2, 0) is 14.3 Å². The normalized spacial score (nSPS) is 28.6. The molecule has 2 saturated heterocycles. The van der Waals surface area contributed by atoms with Crippen molar-refractivity contribution < 1.29 is 19.1 Å². The lowest BCUT2D eigenvalue weighted by atomic mass is 9.68. The van der Waals surface area contributed by atoms with E-state index < -0.39 is 5.54 Å². The fourth-order valence-corrected chi connectivity index (χ4v) is 4.58. The van der Waals surface area contributed by atoms with Crippen LogP contribution in [0.4, 0.5) is 4.79 Å². The van der Waals surface area contributed by atoms with Crippen molar-refractivity contribution in [3.8, 4) is 0 Å². The average molecular weight is 387 g/mol. The quantitative estimate of drug-likeness (QED) is 0.361. The molecule has 1 saturated carbocycles. The topological polar surface area (TPSA) is 88.7 Å². The van der Waals surface area contributed by atoms with Crippen molar-refractivity contribution in [2.24, 2.45) is 11.8 Å². The van der Waals surface area contributed by atoms with Crippen LogP contribution < -0.4 is 16.0 Å². The van der Waals surface area contributed by atoms with Gasteiger partial charge in [0.25, 0.3) is 5.91 Å². The number of hydrogen-bond donors (Lipinski definition) is 3. The molecule has 1 atom stereocenters. The minimum absolute atomic E-state index is 0.201. The van der Waals surface area contributed by atoms with Gasteiger partial charge in [0.15, 0.2) is 0 Å². The molecule has 2 heterocycles. The third-order valence-electron chi connectivity index (χ3n) is 6.19. The Morgan fingerprint density at radius 2 is 1.89 bits per heavy atom. The first kappa shape index (κ1) is 19.4. The molecule has 28 heavy (non-hydrogen) atoms. The summed E-state index contributed by atoms with van der Waals surface area (Å²) in [6.45, 7) is 2.79. The third kappa shape index (κ3) is 4.37. The SMILES string of the molecule is O=C1NC(=O)C2(CC(COCNC(CC3CCOCC3)c3ccccc3)C2)N1. The van der Waals surface area contributed by atoms with Crippen molar-refractivity contribution in [1.82, 2.24) is 16.0 Å². The first-order chi connectivity index (χ1) is 13.6. The maximum absolute atomic E-state index is 11.8. The van der Waals surface area contributed by atoms with Crippen LogP contribution in [0.2, 0.25) is 0 Å². The number of rotatable bonds is 8. The van der Waals surface area contributed by atoms with Gasteiger partial charge in [0.1, 0.15) is 5.54 Å². The molecule has 2 aliphatic heterocycles. The summed E-state index contributed by atoms with van der Waals surface area (Å²) < 4.78 is 11.3. The molecule has 0 bridgehead atoms. The minimum atomic E-state index is -0.686. The Morgan fingerprint density at radius 3 is 2.57 bits per heavy atom. The number of carbonyl (C=O) groups is 2. The lowest BCUT2D eigenvalue weighted by Gasteiger charge is -2.42. The molecule has 7 nitrogen and oxygen atoms in total. The van der Waals surface area contributed by atoms with Gasteiger partial charge in [-0.15, -0.1) is 0 Å². The molecule has 3 fully saturated rings. The molecular formula is C21H29N3O4. The highest BCUT2D eigenvalue weighted by molar-refractivity contribution is 6.07. The van der Waals surface area contributed by atoms with Crippen molar-refractivity contribution in [2.75, 3.05) is 26.6 Å². The van der Waals surface area contributed by atoms with E-state index in [9.17, 15) is 9.59 Å². The van der Waals surface area contributed by atoms with E-state index in [0.717, 1.165) is 32.5 Å². The lowest BCUT2D eigenvalue weighted by molar-refractivity contribution is -0.130. The van der Waals surface area contributed by atoms with Crippen LogP contribution >= 0.6 is 0 Å². The van der Waals surface area contributed by atoms with E-state index in [4.69, 9.17) is 9.47 Å². The van der Waals surface area contributed by atoms with Gasteiger partial charge in [-0.1, -0.05) is 30.3 Å². The molecule has 0 radical (unpaired) electrons. The van der Waals surface area contributed by atoms with Gasteiger partial charge >= 0.3 is 6.03 Å². The summed E-state index contributed by atoms with van der Waals surface area (Å²) in [5.41, 5.74) is 0.597.